The number of nitrogens with zero attached hydrogens (tertiary/aromatic N) is 3. The molecule has 38 heavy (non-hydrogen) atoms. The van der Waals surface area contributed by atoms with Crippen molar-refractivity contribution in [1.29, 1.82) is 0 Å². The molecule has 0 spiro atoms. The molecule has 1 aromatic heterocycles. The number of nitrogens with one attached hydrogen (secondary N) is 1. The van der Waals surface area contributed by atoms with Crippen molar-refractivity contribution in [2.75, 3.05) is 18.5 Å². The Bertz CT molecular complexity index is 1470. The lowest BCUT2D eigenvalue weighted by molar-refractivity contribution is 0.171. The van der Waals surface area contributed by atoms with Crippen molar-refractivity contribution in [3.05, 3.63) is 94.0 Å². The van der Waals surface area contributed by atoms with Crippen molar-refractivity contribution in [2.45, 2.75) is 40.2 Å². The topological polar surface area (TPSA) is 76.5 Å². The molecule has 0 saturated carbocycles. The Kier molecular flexibility index (Phi) is 8.69. The molecule has 0 bridgehead atoms. The number of halogens is 1. The van der Waals surface area contributed by atoms with Crippen LogP contribution in [0.5, 0.6) is 5.75 Å². The summed E-state index contributed by atoms with van der Waals surface area (Å²) in [5, 5.41) is 4.02. The summed E-state index contributed by atoms with van der Waals surface area (Å²) >= 11 is 6.15. The van der Waals surface area contributed by atoms with E-state index in [2.05, 4.69) is 19.2 Å². The highest BCUT2D eigenvalue weighted by Gasteiger charge is 2.30. The second kappa shape index (κ2) is 12.1. The molecule has 0 aliphatic rings. The van der Waals surface area contributed by atoms with Gasteiger partial charge in [-0.3, -0.25) is 9.36 Å². The highest BCUT2D eigenvalue weighted by Crippen LogP contribution is 2.28. The molecule has 0 aliphatic heterocycles. The molecule has 2 amide bonds. The monoisotopic (exact) mass is 532 g/mol. The smallest absolute Gasteiger partial charge is 0.322 e. The third-order valence-corrected chi connectivity index (χ3v) is 6.40. The van der Waals surface area contributed by atoms with Crippen molar-refractivity contribution in [3.8, 4) is 11.4 Å². The van der Waals surface area contributed by atoms with Crippen LogP contribution in [0, 0.1) is 5.92 Å². The van der Waals surface area contributed by atoms with Crippen LogP contribution < -0.4 is 15.6 Å². The minimum atomic E-state index is -0.472. The van der Waals surface area contributed by atoms with Crippen LogP contribution in [0.4, 0.5) is 10.5 Å². The molecule has 8 heteroatoms. The predicted octanol–water partition coefficient (Wildman–Crippen LogP) is 7.08. The van der Waals surface area contributed by atoms with Gasteiger partial charge >= 0.3 is 6.03 Å². The van der Waals surface area contributed by atoms with E-state index in [1.165, 1.54) is 0 Å². The summed E-state index contributed by atoms with van der Waals surface area (Å²) in [4.78, 5) is 34.3. The summed E-state index contributed by atoms with van der Waals surface area (Å²) in [6, 6.07) is 20.9. The normalized spacial score (nSPS) is 11.9. The lowest BCUT2D eigenvalue weighted by Crippen LogP contribution is -2.42. The van der Waals surface area contributed by atoms with Crippen LogP contribution in [-0.2, 0) is 0 Å². The summed E-state index contributed by atoms with van der Waals surface area (Å²) in [5.41, 5.74) is 1.66. The second-order valence-corrected chi connectivity index (χ2v) is 9.90. The molecule has 3 aromatic carbocycles. The maximum absolute atomic E-state index is 13.9. The maximum Gasteiger partial charge on any atom is 0.322 e. The number of fused-ring (bicyclic) bond motifs is 1. The zero-order chi connectivity index (χ0) is 27.2. The van der Waals surface area contributed by atoms with E-state index in [4.69, 9.17) is 21.3 Å². The minimum absolute atomic E-state index is 0.181. The van der Waals surface area contributed by atoms with Gasteiger partial charge in [0.25, 0.3) is 5.56 Å². The van der Waals surface area contributed by atoms with Crippen molar-refractivity contribution in [2.24, 2.45) is 5.92 Å². The molecular formula is C30H33ClN4O3. The number of para-hydroxylation sites is 1. The summed E-state index contributed by atoms with van der Waals surface area (Å²) < 4.78 is 7.22. The lowest BCUT2D eigenvalue weighted by atomic mass is 10.1. The van der Waals surface area contributed by atoms with Crippen LogP contribution in [0.1, 0.15) is 46.0 Å². The number of benzene rings is 3. The molecule has 0 aliphatic carbocycles. The van der Waals surface area contributed by atoms with Gasteiger partial charge in [-0.2, -0.15) is 0 Å². The average molecular weight is 533 g/mol. The van der Waals surface area contributed by atoms with Gasteiger partial charge in [0, 0.05) is 17.3 Å². The Morgan fingerprint density at radius 3 is 2.45 bits per heavy atom. The first-order chi connectivity index (χ1) is 18.3. The Labute approximate surface area is 228 Å². The van der Waals surface area contributed by atoms with Crippen LogP contribution in [-0.4, -0.2) is 33.6 Å². The Morgan fingerprint density at radius 1 is 1.05 bits per heavy atom. The number of amides is 2. The van der Waals surface area contributed by atoms with Crippen LogP contribution in [0.25, 0.3) is 16.6 Å². The highest BCUT2D eigenvalue weighted by atomic mass is 35.5. The van der Waals surface area contributed by atoms with E-state index in [1.54, 1.807) is 39.8 Å². The molecule has 198 valence electrons. The summed E-state index contributed by atoms with van der Waals surface area (Å²) in [5.74, 6) is 1.40. The Hall–Kier alpha value is -3.84. The Balaban J connectivity index is 1.86. The summed E-state index contributed by atoms with van der Waals surface area (Å²) in [6.45, 7) is 9.05. The van der Waals surface area contributed by atoms with Gasteiger partial charge in [0.1, 0.15) is 11.6 Å². The molecule has 1 atom stereocenters. The zero-order valence-electron chi connectivity index (χ0n) is 22.1. The lowest BCUT2D eigenvalue weighted by Gasteiger charge is -2.33. The van der Waals surface area contributed by atoms with E-state index in [0.29, 0.717) is 58.4 Å². The van der Waals surface area contributed by atoms with Crippen molar-refractivity contribution in [1.82, 2.24) is 14.5 Å². The van der Waals surface area contributed by atoms with E-state index in [1.807, 2.05) is 56.3 Å². The van der Waals surface area contributed by atoms with Gasteiger partial charge in [0.05, 0.1) is 29.2 Å². The summed E-state index contributed by atoms with van der Waals surface area (Å²) in [7, 11) is 0. The first-order valence-corrected chi connectivity index (χ1v) is 13.3. The maximum atomic E-state index is 13.9. The van der Waals surface area contributed by atoms with Gasteiger partial charge in [0.15, 0.2) is 0 Å². The highest BCUT2D eigenvalue weighted by molar-refractivity contribution is 6.30. The number of anilines is 1. The van der Waals surface area contributed by atoms with Crippen LogP contribution in [0.15, 0.2) is 77.6 Å². The SMILES string of the molecule is CCOc1ccc(-n2c(C(CC)N(CC(C)C)C(=O)Nc3cccc(Cl)c3)nc3ccccc3c2=O)cc1. The molecule has 0 fully saturated rings. The van der Waals surface area contributed by atoms with E-state index in [9.17, 15) is 9.59 Å². The molecule has 0 radical (unpaired) electrons. The fourth-order valence-electron chi connectivity index (χ4n) is 4.53. The number of urea groups is 1. The third-order valence-electron chi connectivity index (χ3n) is 6.17. The fourth-order valence-corrected chi connectivity index (χ4v) is 4.72. The van der Waals surface area contributed by atoms with Gasteiger partial charge in [-0.25, -0.2) is 9.78 Å². The second-order valence-electron chi connectivity index (χ2n) is 9.47. The van der Waals surface area contributed by atoms with Crippen LogP contribution >= 0.6 is 11.6 Å². The number of carbonyl (C=O) groups excluding carboxylic acids is 1. The molecular weight excluding hydrogens is 500 g/mol. The van der Waals surface area contributed by atoms with Gasteiger partial charge in [-0.15, -0.1) is 0 Å². The fraction of sp³-hybridized carbons (Fsp3) is 0.300. The average Bonchev–Trinajstić information content (AvgIpc) is 2.89. The molecule has 7 nitrogen and oxygen atoms in total. The number of hydrogen-bond acceptors (Lipinski definition) is 4. The van der Waals surface area contributed by atoms with Gasteiger partial charge in [-0.05, 0) is 73.9 Å². The van der Waals surface area contributed by atoms with E-state index in [-0.39, 0.29) is 17.5 Å². The molecule has 4 rings (SSSR count). The number of hydrogen-bond donors (Lipinski definition) is 1. The quantitative estimate of drug-likeness (QED) is 0.250. The van der Waals surface area contributed by atoms with Crippen molar-refractivity contribution in [3.63, 3.8) is 0 Å². The number of aromatic nitrogens is 2. The first kappa shape index (κ1) is 27.2. The molecule has 4 aromatic rings. The summed E-state index contributed by atoms with van der Waals surface area (Å²) in [6.07, 6.45) is 0.553. The third kappa shape index (κ3) is 6.00. The first-order valence-electron chi connectivity index (χ1n) is 12.9. The molecule has 1 heterocycles. The Morgan fingerprint density at radius 2 is 1.79 bits per heavy atom. The molecule has 1 unspecified atom stereocenters. The predicted molar refractivity (Wildman–Crippen MR) is 154 cm³/mol. The van der Waals surface area contributed by atoms with Crippen LogP contribution in [0.2, 0.25) is 5.02 Å². The number of ether oxygens (including phenoxy) is 1. The van der Waals surface area contributed by atoms with E-state index in [0.717, 1.165) is 0 Å². The zero-order valence-corrected chi connectivity index (χ0v) is 22.9. The van der Waals surface area contributed by atoms with Gasteiger partial charge in [0.2, 0.25) is 0 Å². The van der Waals surface area contributed by atoms with E-state index >= 15 is 0 Å². The molecule has 0 saturated heterocycles. The minimum Gasteiger partial charge on any atom is -0.494 e. The van der Waals surface area contributed by atoms with Gasteiger partial charge in [-0.1, -0.05) is 50.6 Å². The van der Waals surface area contributed by atoms with Crippen molar-refractivity contribution >= 4 is 34.2 Å². The number of carbonyl (C=O) groups is 1. The van der Waals surface area contributed by atoms with E-state index < -0.39 is 6.04 Å². The van der Waals surface area contributed by atoms with Crippen LogP contribution in [0.3, 0.4) is 0 Å². The number of rotatable bonds is 9. The standard InChI is InChI=1S/C30H33ClN4O3/c1-5-27(34(19-20(3)4)30(37)32-22-11-9-10-21(31)18-22)28-33-26-13-8-7-12-25(26)29(36)35(28)23-14-16-24(17-15-23)38-6-2/h7-18,20,27H,5-6,19H2,1-4H3,(H,32,37). The van der Waals surface area contributed by atoms with Crippen molar-refractivity contribution < 1.29 is 9.53 Å². The molecule has 1 N–H and O–H groups in total. The largest absolute Gasteiger partial charge is 0.494 e. The van der Waals surface area contributed by atoms with Gasteiger partial charge < -0.3 is 15.0 Å².